The average Bonchev–Trinajstić information content (AvgIpc) is 2.88. The van der Waals surface area contributed by atoms with Crippen molar-refractivity contribution < 1.29 is 19.1 Å². The fraction of sp³-hybridized carbons (Fsp3) is 0.107. The number of esters is 1. The average molecular weight is 521 g/mol. The van der Waals surface area contributed by atoms with E-state index < -0.39 is 11.9 Å². The molecule has 0 aliphatic heterocycles. The highest BCUT2D eigenvalue weighted by molar-refractivity contribution is 6.36. The summed E-state index contributed by atoms with van der Waals surface area (Å²) < 4.78 is 11.2. The second-order valence-electron chi connectivity index (χ2n) is 7.79. The lowest BCUT2D eigenvalue weighted by Crippen LogP contribution is -2.24. The molecule has 0 saturated carbocycles. The zero-order chi connectivity index (χ0) is 25.5. The lowest BCUT2D eigenvalue weighted by atomic mass is 10.0. The van der Waals surface area contributed by atoms with E-state index in [0.717, 1.165) is 17.2 Å². The molecule has 0 heterocycles. The first-order valence-corrected chi connectivity index (χ1v) is 11.9. The highest BCUT2D eigenvalue weighted by Gasteiger charge is 2.16. The molecule has 1 N–H and O–H groups in total. The number of amides is 1. The van der Waals surface area contributed by atoms with Crippen molar-refractivity contribution in [3.8, 4) is 11.5 Å². The number of nitrogens with zero attached hydrogens (tertiary/aromatic N) is 1. The fourth-order valence-electron chi connectivity index (χ4n) is 3.48. The van der Waals surface area contributed by atoms with Gasteiger partial charge in [0.2, 0.25) is 0 Å². The summed E-state index contributed by atoms with van der Waals surface area (Å²) in [5.74, 6) is -0.226. The van der Waals surface area contributed by atoms with Crippen molar-refractivity contribution in [2.75, 3.05) is 6.61 Å². The van der Waals surface area contributed by atoms with Crippen LogP contribution in [0, 0.1) is 0 Å². The largest absolute Gasteiger partial charge is 0.484 e. The number of nitrogens with one attached hydrogen (secondary N) is 1. The molecule has 0 spiro atoms. The van der Waals surface area contributed by atoms with E-state index in [1.807, 2.05) is 54.6 Å². The molecule has 0 bridgehead atoms. The normalized spacial score (nSPS) is 11.0. The van der Waals surface area contributed by atoms with Crippen molar-refractivity contribution in [3.05, 3.63) is 106 Å². The van der Waals surface area contributed by atoms with Gasteiger partial charge in [0.25, 0.3) is 5.91 Å². The van der Waals surface area contributed by atoms with Gasteiger partial charge in [-0.15, -0.1) is 0 Å². The molecule has 182 valence electrons. The molecule has 0 fully saturated rings. The Hall–Kier alpha value is -3.87. The van der Waals surface area contributed by atoms with Crippen LogP contribution in [0.15, 0.2) is 84.0 Å². The Labute approximate surface area is 218 Å². The second-order valence-corrected chi connectivity index (χ2v) is 8.64. The molecule has 0 radical (unpaired) electrons. The number of hydrogen-bond donors (Lipinski definition) is 1. The summed E-state index contributed by atoms with van der Waals surface area (Å²) in [5.41, 5.74) is 4.32. The summed E-state index contributed by atoms with van der Waals surface area (Å²) in [6.07, 6.45) is 2.36. The van der Waals surface area contributed by atoms with Gasteiger partial charge in [-0.2, -0.15) is 5.10 Å². The third kappa shape index (κ3) is 6.22. The monoisotopic (exact) mass is 520 g/mol. The van der Waals surface area contributed by atoms with Crippen LogP contribution in [0.5, 0.6) is 11.5 Å². The molecule has 4 aromatic rings. The van der Waals surface area contributed by atoms with Gasteiger partial charge >= 0.3 is 5.97 Å². The van der Waals surface area contributed by atoms with Gasteiger partial charge in [0.05, 0.1) is 16.8 Å². The van der Waals surface area contributed by atoms with E-state index in [1.165, 1.54) is 23.9 Å². The Kier molecular flexibility index (Phi) is 8.21. The van der Waals surface area contributed by atoms with Crippen molar-refractivity contribution in [3.63, 3.8) is 0 Å². The van der Waals surface area contributed by atoms with Gasteiger partial charge in [-0.05, 0) is 59.2 Å². The fourth-order valence-corrected chi connectivity index (χ4v) is 3.96. The summed E-state index contributed by atoms with van der Waals surface area (Å²) in [6.45, 7) is 1.87. The van der Waals surface area contributed by atoms with Crippen molar-refractivity contribution in [1.29, 1.82) is 0 Å². The smallest absolute Gasteiger partial charge is 0.345 e. The zero-order valence-electron chi connectivity index (χ0n) is 19.3. The molecule has 1 amide bonds. The summed E-state index contributed by atoms with van der Waals surface area (Å²) in [6, 6.07) is 23.1. The minimum atomic E-state index is -0.645. The summed E-state index contributed by atoms with van der Waals surface area (Å²) >= 11 is 12.1. The van der Waals surface area contributed by atoms with Crippen molar-refractivity contribution in [2.45, 2.75) is 13.3 Å². The molecule has 0 aliphatic rings. The van der Waals surface area contributed by atoms with Crippen LogP contribution in [0.1, 0.15) is 28.4 Å². The number of benzene rings is 4. The van der Waals surface area contributed by atoms with Gasteiger partial charge in [-0.3, -0.25) is 4.79 Å². The third-order valence-electron chi connectivity index (χ3n) is 5.37. The highest BCUT2D eigenvalue weighted by Crippen LogP contribution is 2.29. The maximum absolute atomic E-state index is 12.8. The van der Waals surface area contributed by atoms with E-state index in [0.29, 0.717) is 16.3 Å². The Morgan fingerprint density at radius 1 is 0.972 bits per heavy atom. The van der Waals surface area contributed by atoms with Crippen LogP contribution in [0.2, 0.25) is 10.0 Å². The molecule has 0 atom stereocenters. The van der Waals surface area contributed by atoms with Crippen LogP contribution in [-0.2, 0) is 11.2 Å². The predicted octanol–water partition coefficient (Wildman–Crippen LogP) is 6.46. The summed E-state index contributed by atoms with van der Waals surface area (Å²) in [7, 11) is 0. The van der Waals surface area contributed by atoms with Crippen molar-refractivity contribution in [2.24, 2.45) is 5.10 Å². The first kappa shape index (κ1) is 25.2. The molecule has 36 heavy (non-hydrogen) atoms. The van der Waals surface area contributed by atoms with E-state index in [2.05, 4.69) is 17.5 Å². The number of carbonyl (C=O) groups excluding carboxylic acids is 2. The lowest BCUT2D eigenvalue weighted by molar-refractivity contribution is -0.123. The molecule has 8 heteroatoms. The number of halogens is 2. The van der Waals surface area contributed by atoms with E-state index in [-0.39, 0.29) is 22.9 Å². The molecule has 0 aromatic heterocycles. The number of fused-ring (bicyclic) bond motifs is 1. The number of aryl methyl sites for hydroxylation is 1. The topological polar surface area (TPSA) is 77.0 Å². The zero-order valence-corrected chi connectivity index (χ0v) is 20.8. The van der Waals surface area contributed by atoms with Gasteiger partial charge in [0.1, 0.15) is 11.5 Å². The molecule has 0 unspecified atom stereocenters. The summed E-state index contributed by atoms with van der Waals surface area (Å²) in [4.78, 5) is 25.0. The van der Waals surface area contributed by atoms with Gasteiger partial charge in [-0.1, -0.05) is 72.6 Å². The number of hydrazone groups is 1. The van der Waals surface area contributed by atoms with Crippen LogP contribution >= 0.6 is 23.2 Å². The van der Waals surface area contributed by atoms with Crippen molar-refractivity contribution >= 4 is 52.1 Å². The Balaban J connectivity index is 1.50. The van der Waals surface area contributed by atoms with E-state index in [1.54, 1.807) is 12.1 Å². The Morgan fingerprint density at radius 2 is 1.75 bits per heavy atom. The van der Waals surface area contributed by atoms with Crippen molar-refractivity contribution in [1.82, 2.24) is 5.43 Å². The first-order valence-electron chi connectivity index (χ1n) is 11.2. The van der Waals surface area contributed by atoms with Gasteiger partial charge in [0.15, 0.2) is 6.61 Å². The molecule has 0 saturated heterocycles. The predicted molar refractivity (Wildman–Crippen MR) is 142 cm³/mol. The molecule has 4 aromatic carbocycles. The van der Waals surface area contributed by atoms with E-state index in [9.17, 15) is 9.59 Å². The highest BCUT2D eigenvalue weighted by atomic mass is 35.5. The minimum absolute atomic E-state index is 0.175. The standard InChI is InChI=1S/C28H22Cl2N2O4/c1-2-18-7-11-21(12-8-18)35-17-27(33)32-31-16-24-22-6-4-3-5-19(22)9-14-26(24)36-28(34)23-13-10-20(29)15-25(23)30/h3-16H,2,17H2,1H3,(H,32,33)/b31-16-. The maximum atomic E-state index is 12.8. The number of rotatable bonds is 8. The quantitative estimate of drug-likeness (QED) is 0.125. The molecule has 4 rings (SSSR count). The van der Waals surface area contributed by atoms with Crippen LogP contribution in [0.4, 0.5) is 0 Å². The first-order chi connectivity index (χ1) is 17.4. The third-order valence-corrected chi connectivity index (χ3v) is 5.92. The maximum Gasteiger partial charge on any atom is 0.345 e. The molecular formula is C28H22Cl2N2O4. The second kappa shape index (κ2) is 11.7. The SMILES string of the molecule is CCc1ccc(OCC(=O)N/N=C\c2c(OC(=O)c3ccc(Cl)cc3Cl)ccc3ccccc23)cc1. The lowest BCUT2D eigenvalue weighted by Gasteiger charge is -2.11. The van der Waals surface area contributed by atoms with Crippen LogP contribution < -0.4 is 14.9 Å². The summed E-state index contributed by atoms with van der Waals surface area (Å²) in [5, 5.41) is 6.35. The molecular weight excluding hydrogens is 499 g/mol. The van der Waals surface area contributed by atoms with Crippen LogP contribution in [0.3, 0.4) is 0 Å². The Bertz CT molecular complexity index is 1440. The van der Waals surface area contributed by atoms with Gasteiger partial charge < -0.3 is 9.47 Å². The number of carbonyl (C=O) groups is 2. The molecule has 0 aliphatic carbocycles. The van der Waals surface area contributed by atoms with E-state index in [4.69, 9.17) is 32.7 Å². The number of ether oxygens (including phenoxy) is 2. The van der Waals surface area contributed by atoms with Crippen LogP contribution in [-0.4, -0.2) is 24.7 Å². The van der Waals surface area contributed by atoms with E-state index >= 15 is 0 Å². The van der Waals surface area contributed by atoms with Crippen LogP contribution in [0.25, 0.3) is 10.8 Å². The Morgan fingerprint density at radius 3 is 2.50 bits per heavy atom. The van der Waals surface area contributed by atoms with Gasteiger partial charge in [0, 0.05) is 10.6 Å². The number of hydrogen-bond acceptors (Lipinski definition) is 5. The minimum Gasteiger partial charge on any atom is -0.484 e. The molecule has 6 nitrogen and oxygen atoms in total. The van der Waals surface area contributed by atoms with Gasteiger partial charge in [-0.25, -0.2) is 10.2 Å².